The van der Waals surface area contributed by atoms with E-state index in [1.807, 2.05) is 0 Å². The molecule has 30 heavy (non-hydrogen) atoms. The van der Waals surface area contributed by atoms with E-state index in [2.05, 4.69) is 38.9 Å². The molecule has 0 aliphatic carbocycles. The molecule has 0 saturated carbocycles. The van der Waals surface area contributed by atoms with Gasteiger partial charge in [0.05, 0.1) is 5.69 Å². The number of nitrogens with zero attached hydrogens (tertiary/aromatic N) is 4. The number of carbonyl (C=O) groups excluding carboxylic acids is 1. The molecule has 2 amide bonds. The van der Waals surface area contributed by atoms with Gasteiger partial charge in [0.15, 0.2) is 5.75 Å². The Hall–Kier alpha value is -2.52. The van der Waals surface area contributed by atoms with Crippen LogP contribution >= 0.6 is 0 Å². The molecule has 3 rings (SSSR count). The SMILES string of the molecule is CN1CCC(N(C)CCN(C)C(=O)Nc2ccc(OC(F)F)c3ncccc23)CC1. The standard InChI is InChI=1S/C21H29F2N5O2/c1-26-11-8-15(9-12-26)27(2)13-14-28(3)21(29)25-17-6-7-18(30-20(22)23)19-16(17)5-4-10-24-19/h4-7,10,15,20H,8-9,11-14H2,1-3H3,(H,25,29). The number of anilines is 1. The molecule has 1 saturated heterocycles. The maximum absolute atomic E-state index is 12.7. The van der Waals surface area contributed by atoms with Gasteiger partial charge in [0.25, 0.3) is 0 Å². The van der Waals surface area contributed by atoms with Crippen LogP contribution in [0.25, 0.3) is 10.9 Å². The second-order valence-corrected chi connectivity index (χ2v) is 7.76. The number of hydrogen-bond acceptors (Lipinski definition) is 5. The minimum absolute atomic E-state index is 0.0216. The lowest BCUT2D eigenvalue weighted by molar-refractivity contribution is -0.0489. The fourth-order valence-corrected chi connectivity index (χ4v) is 3.69. The van der Waals surface area contributed by atoms with E-state index in [9.17, 15) is 13.6 Å². The Morgan fingerprint density at radius 1 is 1.27 bits per heavy atom. The molecule has 0 atom stereocenters. The number of benzene rings is 1. The van der Waals surface area contributed by atoms with Gasteiger partial charge in [0.1, 0.15) is 5.52 Å². The van der Waals surface area contributed by atoms with Crippen molar-refractivity contribution >= 4 is 22.6 Å². The van der Waals surface area contributed by atoms with Gasteiger partial charge in [0, 0.05) is 37.8 Å². The number of fused-ring (bicyclic) bond motifs is 1. The molecule has 1 aliphatic rings. The molecule has 9 heteroatoms. The molecule has 1 N–H and O–H groups in total. The van der Waals surface area contributed by atoms with Crippen LogP contribution in [0.5, 0.6) is 5.75 Å². The van der Waals surface area contributed by atoms with Crippen LogP contribution in [0.4, 0.5) is 19.3 Å². The van der Waals surface area contributed by atoms with Gasteiger partial charge in [-0.2, -0.15) is 8.78 Å². The Kier molecular flexibility index (Phi) is 7.38. The largest absolute Gasteiger partial charge is 0.432 e. The van der Waals surface area contributed by atoms with E-state index in [0.717, 1.165) is 32.5 Å². The van der Waals surface area contributed by atoms with Crippen LogP contribution < -0.4 is 10.1 Å². The summed E-state index contributed by atoms with van der Waals surface area (Å²) >= 11 is 0. The highest BCUT2D eigenvalue weighted by molar-refractivity contribution is 6.02. The van der Waals surface area contributed by atoms with E-state index in [4.69, 9.17) is 0 Å². The Morgan fingerprint density at radius 3 is 2.70 bits per heavy atom. The number of nitrogens with one attached hydrogen (secondary N) is 1. The van der Waals surface area contributed by atoms with Crippen LogP contribution in [0, 0.1) is 0 Å². The highest BCUT2D eigenvalue weighted by atomic mass is 19.3. The zero-order valence-corrected chi connectivity index (χ0v) is 17.6. The van der Waals surface area contributed by atoms with E-state index >= 15 is 0 Å². The predicted octanol–water partition coefficient (Wildman–Crippen LogP) is 3.33. The third kappa shape index (κ3) is 5.54. The summed E-state index contributed by atoms with van der Waals surface area (Å²) in [5.41, 5.74) is 0.778. The Balaban J connectivity index is 1.60. The van der Waals surface area contributed by atoms with Gasteiger partial charge >= 0.3 is 12.6 Å². The first-order valence-electron chi connectivity index (χ1n) is 10.1. The van der Waals surface area contributed by atoms with Gasteiger partial charge in [-0.25, -0.2) is 4.79 Å². The van der Waals surface area contributed by atoms with E-state index in [0.29, 0.717) is 23.7 Å². The number of ether oxygens (including phenoxy) is 1. The molecule has 0 radical (unpaired) electrons. The van der Waals surface area contributed by atoms with Crippen molar-refractivity contribution in [3.8, 4) is 5.75 Å². The van der Waals surface area contributed by atoms with Crippen LogP contribution in [0.2, 0.25) is 0 Å². The van der Waals surface area contributed by atoms with Crippen molar-refractivity contribution in [2.45, 2.75) is 25.5 Å². The number of alkyl halides is 2. The first kappa shape index (κ1) is 22.2. The average Bonchev–Trinajstić information content (AvgIpc) is 2.73. The maximum Gasteiger partial charge on any atom is 0.387 e. The second-order valence-electron chi connectivity index (χ2n) is 7.76. The number of urea groups is 1. The summed E-state index contributed by atoms with van der Waals surface area (Å²) in [5, 5.41) is 3.40. The lowest BCUT2D eigenvalue weighted by Gasteiger charge is -2.35. The number of likely N-dealkylation sites (tertiary alicyclic amines) is 1. The quantitative estimate of drug-likeness (QED) is 0.743. The number of rotatable bonds is 7. The summed E-state index contributed by atoms with van der Waals surface area (Å²) < 4.78 is 29.8. The van der Waals surface area contributed by atoms with Crippen molar-refractivity contribution in [2.75, 3.05) is 52.6 Å². The lowest BCUT2D eigenvalue weighted by Crippen LogP contribution is -2.45. The molecular formula is C21H29F2N5O2. The molecule has 0 unspecified atom stereocenters. The summed E-state index contributed by atoms with van der Waals surface area (Å²) in [6, 6.07) is 6.62. The van der Waals surface area contributed by atoms with Gasteiger partial charge in [-0.05, 0) is 64.3 Å². The van der Waals surface area contributed by atoms with Crippen molar-refractivity contribution in [1.29, 1.82) is 0 Å². The summed E-state index contributed by atoms with van der Waals surface area (Å²) in [6.07, 6.45) is 3.76. The summed E-state index contributed by atoms with van der Waals surface area (Å²) in [4.78, 5) is 23.1. The summed E-state index contributed by atoms with van der Waals surface area (Å²) in [7, 11) is 5.98. The number of pyridine rings is 1. The maximum atomic E-state index is 12.7. The van der Waals surface area contributed by atoms with E-state index < -0.39 is 6.61 Å². The molecule has 1 aromatic carbocycles. The van der Waals surface area contributed by atoms with Gasteiger partial charge in [-0.15, -0.1) is 0 Å². The highest BCUT2D eigenvalue weighted by Gasteiger charge is 2.21. The average molecular weight is 421 g/mol. The van der Waals surface area contributed by atoms with Crippen LogP contribution in [0.15, 0.2) is 30.5 Å². The summed E-state index contributed by atoms with van der Waals surface area (Å²) in [5.74, 6) is -0.0216. The molecule has 1 aliphatic heterocycles. The number of amides is 2. The van der Waals surface area contributed by atoms with E-state index in [-0.39, 0.29) is 17.3 Å². The van der Waals surface area contributed by atoms with E-state index in [1.54, 1.807) is 30.1 Å². The van der Waals surface area contributed by atoms with Crippen molar-refractivity contribution in [2.24, 2.45) is 0 Å². The molecular weight excluding hydrogens is 392 g/mol. The minimum atomic E-state index is -2.94. The first-order valence-corrected chi connectivity index (χ1v) is 10.1. The lowest BCUT2D eigenvalue weighted by atomic mass is 10.0. The summed E-state index contributed by atoms with van der Waals surface area (Å²) in [6.45, 7) is 0.609. The minimum Gasteiger partial charge on any atom is -0.432 e. The number of hydrogen-bond donors (Lipinski definition) is 1. The third-order valence-electron chi connectivity index (χ3n) is 5.64. The molecule has 164 valence electrons. The van der Waals surface area contributed by atoms with Crippen LogP contribution in [-0.2, 0) is 0 Å². The fourth-order valence-electron chi connectivity index (χ4n) is 3.69. The van der Waals surface area contributed by atoms with Crippen molar-refractivity contribution in [1.82, 2.24) is 19.7 Å². The smallest absolute Gasteiger partial charge is 0.387 e. The Labute approximate surface area is 175 Å². The molecule has 2 aromatic rings. The van der Waals surface area contributed by atoms with Gasteiger partial charge < -0.3 is 24.8 Å². The zero-order valence-electron chi connectivity index (χ0n) is 17.6. The number of halogens is 2. The zero-order chi connectivity index (χ0) is 21.7. The second kappa shape index (κ2) is 9.99. The van der Waals surface area contributed by atoms with Gasteiger partial charge in [0.2, 0.25) is 0 Å². The third-order valence-corrected chi connectivity index (χ3v) is 5.64. The Bertz CT molecular complexity index is 858. The van der Waals surface area contributed by atoms with Crippen LogP contribution in [0.1, 0.15) is 12.8 Å². The molecule has 2 heterocycles. The number of likely N-dealkylation sites (N-methyl/N-ethyl adjacent to an activating group) is 2. The molecule has 0 spiro atoms. The normalized spacial score (nSPS) is 15.7. The molecule has 0 bridgehead atoms. The topological polar surface area (TPSA) is 60.9 Å². The molecule has 1 aromatic heterocycles. The number of piperidine rings is 1. The predicted molar refractivity (Wildman–Crippen MR) is 113 cm³/mol. The Morgan fingerprint density at radius 2 is 2.00 bits per heavy atom. The van der Waals surface area contributed by atoms with Gasteiger partial charge in [-0.1, -0.05) is 0 Å². The monoisotopic (exact) mass is 421 g/mol. The molecule has 1 fully saturated rings. The number of carbonyl (C=O) groups is 1. The van der Waals surface area contributed by atoms with Crippen molar-refractivity contribution in [3.63, 3.8) is 0 Å². The van der Waals surface area contributed by atoms with E-state index in [1.165, 1.54) is 12.3 Å². The van der Waals surface area contributed by atoms with Gasteiger partial charge in [-0.3, -0.25) is 4.98 Å². The van der Waals surface area contributed by atoms with Crippen LogP contribution in [-0.4, -0.2) is 85.7 Å². The van der Waals surface area contributed by atoms with Crippen LogP contribution in [0.3, 0.4) is 0 Å². The first-order chi connectivity index (χ1) is 14.3. The van der Waals surface area contributed by atoms with Crippen molar-refractivity contribution in [3.05, 3.63) is 30.5 Å². The van der Waals surface area contributed by atoms with Crippen molar-refractivity contribution < 1.29 is 18.3 Å². The fraction of sp³-hybridized carbons (Fsp3) is 0.524. The number of aromatic nitrogens is 1. The highest BCUT2D eigenvalue weighted by Crippen LogP contribution is 2.31. The molecule has 7 nitrogen and oxygen atoms in total.